The van der Waals surface area contributed by atoms with Crippen LogP contribution in [-0.4, -0.2) is 22.4 Å². The third-order valence-electron chi connectivity index (χ3n) is 6.38. The van der Waals surface area contributed by atoms with Crippen molar-refractivity contribution in [3.63, 3.8) is 0 Å². The molecule has 1 heterocycles. The van der Waals surface area contributed by atoms with E-state index in [-0.39, 0.29) is 11.4 Å². The van der Waals surface area contributed by atoms with Crippen molar-refractivity contribution in [3.05, 3.63) is 72.4 Å². The van der Waals surface area contributed by atoms with Crippen molar-refractivity contribution in [2.24, 2.45) is 13.0 Å². The molecule has 7 heteroatoms. The summed E-state index contributed by atoms with van der Waals surface area (Å²) in [7, 11) is 1.82. The third kappa shape index (κ3) is 5.46. The van der Waals surface area contributed by atoms with Gasteiger partial charge in [-0.3, -0.25) is 10.00 Å². The standard InChI is InChI=1S/C29H33N5O2/c1-29(2,3)26-17-27(34(4)33-26)32-28(35)31-24-14-15-25(23-11-6-5-10-22(23)24)36-21-9-7-8-20(16-21)30-18-19-12-13-19/h5-11,14-17,19,30H,12-13,18H2,1-4H3,(H2,31,32,35). The van der Waals surface area contributed by atoms with E-state index in [0.29, 0.717) is 11.5 Å². The topological polar surface area (TPSA) is 80.2 Å². The zero-order valence-electron chi connectivity index (χ0n) is 21.3. The Morgan fingerprint density at radius 1 is 1.00 bits per heavy atom. The Balaban J connectivity index is 1.33. The van der Waals surface area contributed by atoms with Crippen LogP contribution in [0.4, 0.5) is 22.0 Å². The maximum Gasteiger partial charge on any atom is 0.324 e. The first-order valence-corrected chi connectivity index (χ1v) is 12.4. The highest BCUT2D eigenvalue weighted by molar-refractivity contribution is 6.07. The van der Waals surface area contributed by atoms with Gasteiger partial charge in [0.05, 0.1) is 11.4 Å². The van der Waals surface area contributed by atoms with E-state index < -0.39 is 0 Å². The van der Waals surface area contributed by atoms with Crippen LogP contribution < -0.4 is 20.7 Å². The van der Waals surface area contributed by atoms with E-state index in [1.54, 1.807) is 4.68 Å². The van der Waals surface area contributed by atoms with E-state index in [9.17, 15) is 4.79 Å². The molecule has 0 atom stereocenters. The zero-order chi connectivity index (χ0) is 25.3. The average Bonchev–Trinajstić information content (AvgIpc) is 3.60. The minimum Gasteiger partial charge on any atom is -0.457 e. The van der Waals surface area contributed by atoms with Gasteiger partial charge in [-0.05, 0) is 43.0 Å². The lowest BCUT2D eigenvalue weighted by Crippen LogP contribution is -2.21. The van der Waals surface area contributed by atoms with E-state index in [4.69, 9.17) is 4.74 Å². The van der Waals surface area contributed by atoms with Gasteiger partial charge in [0.15, 0.2) is 0 Å². The minimum absolute atomic E-state index is 0.104. The van der Waals surface area contributed by atoms with Crippen LogP contribution in [0.2, 0.25) is 0 Å². The molecule has 36 heavy (non-hydrogen) atoms. The Bertz CT molecular complexity index is 1400. The number of rotatable bonds is 7. The van der Waals surface area contributed by atoms with Crippen molar-refractivity contribution in [1.29, 1.82) is 0 Å². The van der Waals surface area contributed by atoms with Crippen molar-refractivity contribution in [1.82, 2.24) is 9.78 Å². The largest absolute Gasteiger partial charge is 0.457 e. The highest BCUT2D eigenvalue weighted by Crippen LogP contribution is 2.35. The smallest absolute Gasteiger partial charge is 0.324 e. The Morgan fingerprint density at radius 3 is 2.50 bits per heavy atom. The molecular formula is C29H33N5O2. The van der Waals surface area contributed by atoms with Crippen LogP contribution in [0.1, 0.15) is 39.3 Å². The van der Waals surface area contributed by atoms with Gasteiger partial charge in [-0.2, -0.15) is 5.10 Å². The second-order valence-corrected chi connectivity index (χ2v) is 10.5. The summed E-state index contributed by atoms with van der Waals surface area (Å²) < 4.78 is 7.96. The van der Waals surface area contributed by atoms with Gasteiger partial charge >= 0.3 is 6.03 Å². The number of aromatic nitrogens is 2. The van der Waals surface area contributed by atoms with Crippen LogP contribution in [0.5, 0.6) is 11.5 Å². The quantitative estimate of drug-likeness (QED) is 0.261. The molecule has 1 aliphatic carbocycles. The molecule has 0 radical (unpaired) electrons. The minimum atomic E-state index is -0.327. The average molecular weight is 484 g/mol. The Hall–Kier alpha value is -4.00. The first kappa shape index (κ1) is 23.7. The maximum atomic E-state index is 12.9. The number of carbonyl (C=O) groups is 1. The number of hydrogen-bond acceptors (Lipinski definition) is 4. The lowest BCUT2D eigenvalue weighted by Gasteiger charge is -2.14. The molecule has 4 aromatic rings. The second-order valence-electron chi connectivity index (χ2n) is 10.5. The van der Waals surface area contributed by atoms with Crippen molar-refractivity contribution < 1.29 is 9.53 Å². The normalized spacial score (nSPS) is 13.4. The summed E-state index contributed by atoms with van der Waals surface area (Å²) in [5, 5.41) is 15.7. The third-order valence-corrected chi connectivity index (χ3v) is 6.38. The van der Waals surface area contributed by atoms with Crippen molar-refractivity contribution >= 4 is 34.0 Å². The number of urea groups is 1. The predicted molar refractivity (Wildman–Crippen MR) is 146 cm³/mol. The summed E-state index contributed by atoms with van der Waals surface area (Å²) in [6.07, 6.45) is 2.63. The van der Waals surface area contributed by atoms with Gasteiger partial charge in [-0.1, -0.05) is 51.1 Å². The van der Waals surface area contributed by atoms with Crippen molar-refractivity contribution in [2.45, 2.75) is 39.0 Å². The number of amides is 2. The molecular weight excluding hydrogens is 450 g/mol. The summed E-state index contributed by atoms with van der Waals surface area (Å²) in [6, 6.07) is 21.3. The molecule has 1 aliphatic rings. The Kier molecular flexibility index (Phi) is 6.31. The number of fused-ring (bicyclic) bond motifs is 1. The second kappa shape index (κ2) is 9.57. The van der Waals surface area contributed by atoms with E-state index in [0.717, 1.165) is 46.1 Å². The number of carbonyl (C=O) groups excluding carboxylic acids is 1. The van der Waals surface area contributed by atoms with Crippen molar-refractivity contribution in [2.75, 3.05) is 22.5 Å². The lowest BCUT2D eigenvalue weighted by atomic mass is 9.92. The highest BCUT2D eigenvalue weighted by atomic mass is 16.5. The molecule has 1 fully saturated rings. The van der Waals surface area contributed by atoms with Gasteiger partial charge in [0.2, 0.25) is 0 Å². The van der Waals surface area contributed by atoms with Crippen molar-refractivity contribution in [3.8, 4) is 11.5 Å². The van der Waals surface area contributed by atoms with Gasteiger partial charge in [0.1, 0.15) is 17.3 Å². The molecule has 2 amide bonds. The van der Waals surface area contributed by atoms with Gasteiger partial charge in [-0.15, -0.1) is 0 Å². The molecule has 7 nitrogen and oxygen atoms in total. The Labute approximate surface area is 211 Å². The summed E-state index contributed by atoms with van der Waals surface area (Å²) in [6.45, 7) is 7.28. The first-order chi connectivity index (χ1) is 17.3. The molecule has 186 valence electrons. The summed E-state index contributed by atoms with van der Waals surface area (Å²) in [5.74, 6) is 2.94. The van der Waals surface area contributed by atoms with Crippen LogP contribution in [0.3, 0.4) is 0 Å². The predicted octanol–water partition coefficient (Wildman–Crippen LogP) is 7.13. The number of nitrogens with zero attached hydrogens (tertiary/aromatic N) is 2. The molecule has 0 bridgehead atoms. The van der Waals surface area contributed by atoms with E-state index in [1.165, 1.54) is 12.8 Å². The molecule has 5 rings (SSSR count). The van der Waals surface area contributed by atoms with Crippen LogP contribution in [0.15, 0.2) is 66.7 Å². The molecule has 1 saturated carbocycles. The fraction of sp³-hybridized carbons (Fsp3) is 0.310. The van der Waals surface area contributed by atoms with Crippen LogP contribution >= 0.6 is 0 Å². The number of hydrogen-bond donors (Lipinski definition) is 3. The van der Waals surface area contributed by atoms with Gasteiger partial charge in [0, 0.05) is 47.6 Å². The zero-order valence-corrected chi connectivity index (χ0v) is 21.3. The number of ether oxygens (including phenoxy) is 1. The highest BCUT2D eigenvalue weighted by Gasteiger charge is 2.21. The molecule has 0 unspecified atom stereocenters. The molecule has 0 aliphatic heterocycles. The molecule has 1 aromatic heterocycles. The number of anilines is 3. The number of benzene rings is 3. The van der Waals surface area contributed by atoms with E-state index in [2.05, 4.69) is 47.9 Å². The van der Waals surface area contributed by atoms with Crippen LogP contribution in [-0.2, 0) is 12.5 Å². The van der Waals surface area contributed by atoms with Crippen LogP contribution in [0.25, 0.3) is 10.8 Å². The monoisotopic (exact) mass is 483 g/mol. The first-order valence-electron chi connectivity index (χ1n) is 12.4. The number of aryl methyl sites for hydroxylation is 1. The molecule has 3 N–H and O–H groups in total. The number of nitrogens with one attached hydrogen (secondary N) is 3. The maximum absolute atomic E-state index is 12.9. The molecule has 0 spiro atoms. The van der Waals surface area contributed by atoms with Gasteiger partial charge in [-0.25, -0.2) is 4.79 Å². The van der Waals surface area contributed by atoms with Crippen LogP contribution in [0, 0.1) is 5.92 Å². The Morgan fingerprint density at radius 2 is 1.78 bits per heavy atom. The molecule has 3 aromatic carbocycles. The fourth-order valence-corrected chi connectivity index (χ4v) is 4.07. The van der Waals surface area contributed by atoms with E-state index >= 15 is 0 Å². The summed E-state index contributed by atoms with van der Waals surface area (Å²) >= 11 is 0. The fourth-order valence-electron chi connectivity index (χ4n) is 4.07. The SMILES string of the molecule is Cn1nc(C(C)(C)C)cc1NC(=O)Nc1ccc(Oc2cccc(NCC3CC3)c2)c2ccccc12. The summed E-state index contributed by atoms with van der Waals surface area (Å²) in [4.78, 5) is 12.9. The molecule has 0 saturated heterocycles. The van der Waals surface area contributed by atoms with Gasteiger partial charge in [0.25, 0.3) is 0 Å². The summed E-state index contributed by atoms with van der Waals surface area (Å²) in [5.41, 5.74) is 2.57. The lowest BCUT2D eigenvalue weighted by molar-refractivity contribution is 0.262. The van der Waals surface area contributed by atoms with E-state index in [1.807, 2.05) is 67.7 Å². The van der Waals surface area contributed by atoms with Gasteiger partial charge < -0.3 is 15.4 Å².